The van der Waals surface area contributed by atoms with Gasteiger partial charge in [0.25, 0.3) is 0 Å². The van der Waals surface area contributed by atoms with Crippen molar-refractivity contribution in [3.8, 4) is 0 Å². The zero-order valence-corrected chi connectivity index (χ0v) is 17.4. The van der Waals surface area contributed by atoms with Crippen LogP contribution in [0.3, 0.4) is 0 Å². The Bertz CT molecular complexity index is 994. The number of amides is 1. The second-order valence-electron chi connectivity index (χ2n) is 7.73. The van der Waals surface area contributed by atoms with Gasteiger partial charge in [-0.2, -0.15) is 0 Å². The third-order valence-corrected chi connectivity index (χ3v) is 6.49. The Morgan fingerprint density at radius 1 is 1.32 bits per heavy atom. The van der Waals surface area contributed by atoms with E-state index < -0.39 is 0 Å². The number of hydrogen-bond donors (Lipinski definition) is 1. The van der Waals surface area contributed by atoms with Gasteiger partial charge in [0, 0.05) is 29.0 Å². The fourth-order valence-electron chi connectivity index (χ4n) is 3.72. The highest BCUT2D eigenvalue weighted by atomic mass is 32.1. The average Bonchev–Trinajstić information content (AvgIpc) is 3.25. The summed E-state index contributed by atoms with van der Waals surface area (Å²) in [7, 11) is 0. The van der Waals surface area contributed by atoms with Gasteiger partial charge in [0.05, 0.1) is 6.42 Å². The standard InChI is InChI=1S/C21H26N4O2S/c1-13-8-17-18(24-27-19(17)9-14(13)2)10-20(26)23-21-22-11-16(28-21)12-25-7-5-4-6-15(25)3/h8-9,11,15H,4-7,10,12H2,1-3H3,(H,22,23,26). The Labute approximate surface area is 168 Å². The molecular formula is C21H26N4O2S. The lowest BCUT2D eigenvalue weighted by Crippen LogP contribution is -2.36. The molecule has 0 spiro atoms. The van der Waals surface area contributed by atoms with Crippen molar-refractivity contribution >= 4 is 33.3 Å². The molecule has 0 radical (unpaired) electrons. The number of fused-ring (bicyclic) bond motifs is 1. The summed E-state index contributed by atoms with van der Waals surface area (Å²) in [6.45, 7) is 8.41. The number of nitrogens with one attached hydrogen (secondary N) is 1. The molecule has 1 aromatic carbocycles. The summed E-state index contributed by atoms with van der Waals surface area (Å²) in [5, 5.41) is 8.54. The van der Waals surface area contributed by atoms with Crippen molar-refractivity contribution in [1.29, 1.82) is 0 Å². The van der Waals surface area contributed by atoms with Gasteiger partial charge in [0.2, 0.25) is 5.91 Å². The molecule has 1 saturated heterocycles. The van der Waals surface area contributed by atoms with Gasteiger partial charge in [-0.3, -0.25) is 9.69 Å². The normalized spacial score (nSPS) is 17.9. The van der Waals surface area contributed by atoms with Crippen molar-refractivity contribution in [2.45, 2.75) is 59.0 Å². The molecule has 4 rings (SSSR count). The van der Waals surface area contributed by atoms with Crippen molar-refractivity contribution in [2.24, 2.45) is 0 Å². The van der Waals surface area contributed by atoms with E-state index in [4.69, 9.17) is 4.52 Å². The van der Waals surface area contributed by atoms with Crippen molar-refractivity contribution in [3.63, 3.8) is 0 Å². The molecule has 7 heteroatoms. The zero-order chi connectivity index (χ0) is 19.7. The minimum Gasteiger partial charge on any atom is -0.356 e. The van der Waals surface area contributed by atoms with Crippen LogP contribution in [0.15, 0.2) is 22.9 Å². The lowest BCUT2D eigenvalue weighted by Gasteiger charge is -2.32. The summed E-state index contributed by atoms with van der Waals surface area (Å²) in [4.78, 5) is 20.5. The first-order valence-corrected chi connectivity index (χ1v) is 10.7. The van der Waals surface area contributed by atoms with Gasteiger partial charge in [0.1, 0.15) is 5.69 Å². The van der Waals surface area contributed by atoms with E-state index in [0.29, 0.717) is 16.9 Å². The van der Waals surface area contributed by atoms with Crippen LogP contribution in [0.2, 0.25) is 0 Å². The number of benzene rings is 1. The first-order chi connectivity index (χ1) is 13.5. The largest absolute Gasteiger partial charge is 0.356 e. The number of anilines is 1. The number of carbonyl (C=O) groups is 1. The molecule has 3 heterocycles. The monoisotopic (exact) mass is 398 g/mol. The van der Waals surface area contributed by atoms with E-state index >= 15 is 0 Å². The van der Waals surface area contributed by atoms with Crippen LogP contribution in [-0.4, -0.2) is 33.5 Å². The Morgan fingerprint density at radius 3 is 2.96 bits per heavy atom. The molecule has 1 atom stereocenters. The van der Waals surface area contributed by atoms with Gasteiger partial charge in [-0.25, -0.2) is 4.98 Å². The third-order valence-electron chi connectivity index (χ3n) is 5.59. The molecule has 1 aliphatic heterocycles. The Balaban J connectivity index is 1.39. The number of carbonyl (C=O) groups excluding carboxylic acids is 1. The summed E-state index contributed by atoms with van der Waals surface area (Å²) >= 11 is 1.55. The summed E-state index contributed by atoms with van der Waals surface area (Å²) in [6, 6.07) is 4.61. The van der Waals surface area contributed by atoms with Crippen LogP contribution in [0.4, 0.5) is 5.13 Å². The first kappa shape index (κ1) is 19.1. The van der Waals surface area contributed by atoms with Crippen molar-refractivity contribution in [1.82, 2.24) is 15.0 Å². The number of thiazole rings is 1. The van der Waals surface area contributed by atoms with Crippen LogP contribution < -0.4 is 5.32 Å². The Kier molecular flexibility index (Phi) is 5.46. The molecule has 1 aliphatic rings. The number of aryl methyl sites for hydroxylation is 2. The molecule has 2 aromatic heterocycles. The van der Waals surface area contributed by atoms with E-state index in [9.17, 15) is 4.79 Å². The summed E-state index contributed by atoms with van der Waals surface area (Å²) in [5.41, 5.74) is 3.69. The maximum Gasteiger partial charge on any atom is 0.232 e. The maximum absolute atomic E-state index is 12.5. The fourth-order valence-corrected chi connectivity index (χ4v) is 4.57. The molecule has 1 unspecified atom stereocenters. The Morgan fingerprint density at radius 2 is 2.14 bits per heavy atom. The molecule has 0 bridgehead atoms. The van der Waals surface area contributed by atoms with E-state index in [1.807, 2.05) is 32.2 Å². The maximum atomic E-state index is 12.5. The van der Waals surface area contributed by atoms with Crippen molar-refractivity contribution in [2.75, 3.05) is 11.9 Å². The molecule has 28 heavy (non-hydrogen) atoms. The van der Waals surface area contributed by atoms with Crippen LogP contribution in [0.1, 0.15) is 47.9 Å². The third kappa shape index (κ3) is 4.10. The number of rotatable bonds is 5. The van der Waals surface area contributed by atoms with Crippen molar-refractivity contribution in [3.05, 3.63) is 40.0 Å². The van der Waals surface area contributed by atoms with Gasteiger partial charge < -0.3 is 9.84 Å². The summed E-state index contributed by atoms with van der Waals surface area (Å²) in [5.74, 6) is -0.124. The second-order valence-corrected chi connectivity index (χ2v) is 8.85. The lowest BCUT2D eigenvalue weighted by atomic mass is 10.0. The van der Waals surface area contributed by atoms with E-state index in [1.165, 1.54) is 24.1 Å². The number of aromatic nitrogens is 2. The summed E-state index contributed by atoms with van der Waals surface area (Å²) < 4.78 is 5.39. The molecule has 0 saturated carbocycles. The molecule has 6 nitrogen and oxygen atoms in total. The molecule has 1 N–H and O–H groups in total. The van der Waals surface area contributed by atoms with Crippen LogP contribution >= 0.6 is 11.3 Å². The van der Waals surface area contributed by atoms with Crippen LogP contribution in [-0.2, 0) is 17.8 Å². The van der Waals surface area contributed by atoms with Crippen LogP contribution in [0, 0.1) is 13.8 Å². The van der Waals surface area contributed by atoms with Gasteiger partial charge in [0.15, 0.2) is 10.7 Å². The lowest BCUT2D eigenvalue weighted by molar-refractivity contribution is -0.115. The predicted molar refractivity (Wildman–Crippen MR) is 112 cm³/mol. The number of likely N-dealkylation sites (tertiary alicyclic amines) is 1. The minimum atomic E-state index is -0.124. The first-order valence-electron chi connectivity index (χ1n) is 9.83. The van der Waals surface area contributed by atoms with E-state index in [-0.39, 0.29) is 12.3 Å². The number of piperidine rings is 1. The van der Waals surface area contributed by atoms with Gasteiger partial charge in [-0.05, 0) is 63.4 Å². The second kappa shape index (κ2) is 8.01. The highest BCUT2D eigenvalue weighted by Crippen LogP contribution is 2.25. The van der Waals surface area contributed by atoms with E-state index in [2.05, 4.69) is 27.3 Å². The van der Waals surface area contributed by atoms with E-state index in [0.717, 1.165) is 35.2 Å². The van der Waals surface area contributed by atoms with Crippen LogP contribution in [0.5, 0.6) is 0 Å². The summed E-state index contributed by atoms with van der Waals surface area (Å²) in [6.07, 6.45) is 5.88. The molecule has 1 amide bonds. The molecule has 3 aromatic rings. The smallest absolute Gasteiger partial charge is 0.232 e. The predicted octanol–water partition coefficient (Wildman–Crippen LogP) is 4.46. The number of nitrogens with zero attached hydrogens (tertiary/aromatic N) is 3. The molecule has 1 fully saturated rings. The average molecular weight is 399 g/mol. The fraction of sp³-hybridized carbons (Fsp3) is 0.476. The Hall–Kier alpha value is -2.25. The zero-order valence-electron chi connectivity index (χ0n) is 16.6. The highest BCUT2D eigenvalue weighted by Gasteiger charge is 2.20. The minimum absolute atomic E-state index is 0.124. The highest BCUT2D eigenvalue weighted by molar-refractivity contribution is 7.15. The van der Waals surface area contributed by atoms with Gasteiger partial charge >= 0.3 is 0 Å². The van der Waals surface area contributed by atoms with Crippen LogP contribution in [0.25, 0.3) is 11.0 Å². The van der Waals surface area contributed by atoms with Crippen molar-refractivity contribution < 1.29 is 9.32 Å². The quantitative estimate of drug-likeness (QED) is 0.687. The number of hydrogen-bond acceptors (Lipinski definition) is 6. The SMILES string of the molecule is Cc1cc2onc(CC(=O)Nc3ncc(CN4CCCCC4C)s3)c2cc1C. The van der Waals surface area contributed by atoms with E-state index in [1.54, 1.807) is 11.3 Å². The molecular weight excluding hydrogens is 372 g/mol. The molecule has 0 aliphatic carbocycles. The topological polar surface area (TPSA) is 71.3 Å². The van der Waals surface area contributed by atoms with Gasteiger partial charge in [-0.15, -0.1) is 11.3 Å². The van der Waals surface area contributed by atoms with Gasteiger partial charge in [-0.1, -0.05) is 11.6 Å². The molecule has 148 valence electrons.